The van der Waals surface area contributed by atoms with Gasteiger partial charge in [-0.3, -0.25) is 0 Å². The van der Waals surface area contributed by atoms with Crippen LogP contribution in [0.5, 0.6) is 0 Å². The summed E-state index contributed by atoms with van der Waals surface area (Å²) in [6, 6.07) is -0.605. The molecule has 0 spiro atoms. The molecule has 0 heterocycles. The number of methoxy groups -OCH3 is 1. The molecule has 1 rings (SSSR count). The van der Waals surface area contributed by atoms with E-state index in [4.69, 9.17) is 15.7 Å². The fourth-order valence-electron chi connectivity index (χ4n) is 1.34. The van der Waals surface area contributed by atoms with Gasteiger partial charge in [-0.05, 0) is 18.8 Å². The Morgan fingerprint density at radius 3 is 2.75 bits per heavy atom. The zero-order valence-electron chi connectivity index (χ0n) is 9.09. The zero-order chi connectivity index (χ0) is 12.2. The van der Waals surface area contributed by atoms with Crippen molar-refractivity contribution in [2.45, 2.75) is 18.9 Å². The summed E-state index contributed by atoms with van der Waals surface area (Å²) in [6.45, 7) is 0.114. The largest absolute Gasteiger partial charge is 0.409 e. The van der Waals surface area contributed by atoms with Crippen LogP contribution in [0.4, 0.5) is 0 Å². The minimum Gasteiger partial charge on any atom is -0.409 e. The van der Waals surface area contributed by atoms with Crippen LogP contribution >= 0.6 is 0 Å². The number of rotatable bonds is 7. The topological polar surface area (TPSA) is 114 Å². The minimum atomic E-state index is -3.45. The van der Waals surface area contributed by atoms with Gasteiger partial charge in [0.2, 0.25) is 10.0 Å². The van der Waals surface area contributed by atoms with Gasteiger partial charge >= 0.3 is 0 Å². The monoisotopic (exact) mass is 251 g/mol. The van der Waals surface area contributed by atoms with Gasteiger partial charge in [-0.15, -0.1) is 0 Å². The van der Waals surface area contributed by atoms with E-state index >= 15 is 0 Å². The Labute approximate surface area is 94.7 Å². The summed E-state index contributed by atoms with van der Waals surface area (Å²) in [7, 11) is -2.02. The van der Waals surface area contributed by atoms with Crippen molar-refractivity contribution >= 4 is 15.9 Å². The lowest BCUT2D eigenvalue weighted by atomic mass is 10.2. The van der Waals surface area contributed by atoms with Gasteiger partial charge < -0.3 is 15.7 Å². The van der Waals surface area contributed by atoms with Gasteiger partial charge in [-0.2, -0.15) is 0 Å². The summed E-state index contributed by atoms with van der Waals surface area (Å²) in [5, 5.41) is 11.4. The highest BCUT2D eigenvalue weighted by Crippen LogP contribution is 2.33. The van der Waals surface area contributed by atoms with E-state index in [0.717, 1.165) is 12.8 Å². The summed E-state index contributed by atoms with van der Waals surface area (Å²) >= 11 is 0. The lowest BCUT2D eigenvalue weighted by molar-refractivity contribution is 0.217. The second-order valence-corrected chi connectivity index (χ2v) is 5.64. The van der Waals surface area contributed by atoms with Gasteiger partial charge in [0.05, 0.1) is 18.4 Å². The molecule has 0 bridgehead atoms. The van der Waals surface area contributed by atoms with Crippen LogP contribution in [0, 0.1) is 5.92 Å². The van der Waals surface area contributed by atoms with E-state index in [1.165, 1.54) is 7.11 Å². The Balaban J connectivity index is 2.61. The highest BCUT2D eigenvalue weighted by atomic mass is 32.2. The molecule has 0 amide bonds. The van der Waals surface area contributed by atoms with Crippen molar-refractivity contribution in [3.05, 3.63) is 0 Å². The first kappa shape index (κ1) is 13.2. The first-order valence-electron chi connectivity index (χ1n) is 4.96. The summed E-state index contributed by atoms with van der Waals surface area (Å²) in [4.78, 5) is 0. The summed E-state index contributed by atoms with van der Waals surface area (Å²) in [5.74, 6) is -0.0949. The van der Waals surface area contributed by atoms with E-state index in [1.54, 1.807) is 0 Å². The molecule has 7 nitrogen and oxygen atoms in total. The van der Waals surface area contributed by atoms with Crippen molar-refractivity contribution in [1.82, 2.24) is 4.72 Å². The molecule has 94 valence electrons. The molecule has 0 radical (unpaired) electrons. The first-order valence-corrected chi connectivity index (χ1v) is 6.61. The molecular formula is C8H17N3O4S. The number of nitrogens with two attached hydrogens (primary N) is 1. The van der Waals surface area contributed by atoms with Gasteiger partial charge in [0.1, 0.15) is 0 Å². The maximum absolute atomic E-state index is 11.6. The van der Waals surface area contributed by atoms with E-state index in [1.807, 2.05) is 0 Å². The molecular weight excluding hydrogens is 234 g/mol. The smallest absolute Gasteiger partial charge is 0.214 e. The van der Waals surface area contributed by atoms with Crippen molar-refractivity contribution in [1.29, 1.82) is 0 Å². The van der Waals surface area contributed by atoms with Crippen molar-refractivity contribution in [3.63, 3.8) is 0 Å². The van der Waals surface area contributed by atoms with Crippen LogP contribution in [0.3, 0.4) is 0 Å². The maximum atomic E-state index is 11.6. The highest BCUT2D eigenvalue weighted by Gasteiger charge is 2.36. The number of nitrogens with zero attached hydrogens (tertiary/aromatic N) is 1. The predicted octanol–water partition coefficient (Wildman–Crippen LogP) is -0.923. The Bertz CT molecular complexity index is 350. The molecule has 1 aliphatic carbocycles. The number of sulfonamides is 1. The minimum absolute atomic E-state index is 0.0940. The fourth-order valence-corrected chi connectivity index (χ4v) is 2.54. The number of ether oxygens (including phenoxy) is 1. The van der Waals surface area contributed by atoms with Crippen molar-refractivity contribution in [2.75, 3.05) is 19.5 Å². The molecule has 1 atom stereocenters. The molecule has 1 aliphatic rings. The van der Waals surface area contributed by atoms with Gasteiger partial charge in [0.15, 0.2) is 5.84 Å². The third-order valence-electron chi connectivity index (χ3n) is 2.39. The van der Waals surface area contributed by atoms with Crippen molar-refractivity contribution in [2.24, 2.45) is 16.8 Å². The Morgan fingerprint density at radius 2 is 2.31 bits per heavy atom. The van der Waals surface area contributed by atoms with Crippen LogP contribution in [-0.2, 0) is 14.8 Å². The molecule has 8 heteroatoms. The molecule has 0 aromatic rings. The second kappa shape index (κ2) is 5.46. The average molecular weight is 251 g/mol. The summed E-state index contributed by atoms with van der Waals surface area (Å²) in [5.41, 5.74) is 5.44. The summed E-state index contributed by atoms with van der Waals surface area (Å²) in [6.07, 6.45) is 1.77. The predicted molar refractivity (Wildman–Crippen MR) is 58.7 cm³/mol. The van der Waals surface area contributed by atoms with E-state index in [2.05, 4.69) is 9.88 Å². The van der Waals surface area contributed by atoms with Crippen LogP contribution in [0.15, 0.2) is 5.16 Å². The van der Waals surface area contributed by atoms with Crippen LogP contribution < -0.4 is 10.5 Å². The van der Waals surface area contributed by atoms with Crippen LogP contribution in [0.25, 0.3) is 0 Å². The third-order valence-corrected chi connectivity index (χ3v) is 3.71. The molecule has 1 fully saturated rings. The van der Waals surface area contributed by atoms with Crippen molar-refractivity contribution in [3.8, 4) is 0 Å². The Morgan fingerprint density at radius 1 is 1.69 bits per heavy atom. The molecule has 4 N–H and O–H groups in total. The Kier molecular flexibility index (Phi) is 4.51. The lowest BCUT2D eigenvalue weighted by Gasteiger charge is -2.16. The SMILES string of the molecule is COCCS(=O)(=O)NC(C(N)=NO)C1CC1. The zero-order valence-corrected chi connectivity index (χ0v) is 9.90. The molecule has 16 heavy (non-hydrogen) atoms. The van der Waals surface area contributed by atoms with Crippen LogP contribution in [0.2, 0.25) is 0 Å². The Hall–Kier alpha value is -0.860. The molecule has 0 aromatic heterocycles. The molecule has 0 saturated heterocycles. The lowest BCUT2D eigenvalue weighted by Crippen LogP contribution is -2.47. The number of nitrogens with one attached hydrogen (secondary N) is 1. The molecule has 0 aliphatic heterocycles. The highest BCUT2D eigenvalue weighted by molar-refractivity contribution is 7.89. The van der Waals surface area contributed by atoms with Crippen molar-refractivity contribution < 1.29 is 18.4 Å². The van der Waals surface area contributed by atoms with Gasteiger partial charge in [-0.1, -0.05) is 5.16 Å². The third kappa shape index (κ3) is 3.95. The first-order chi connectivity index (χ1) is 7.50. The van der Waals surface area contributed by atoms with Crippen LogP contribution in [0.1, 0.15) is 12.8 Å². The molecule has 1 saturated carbocycles. The fraction of sp³-hybridized carbons (Fsp3) is 0.875. The maximum Gasteiger partial charge on any atom is 0.214 e. The van der Waals surface area contributed by atoms with Gasteiger partial charge in [-0.25, -0.2) is 13.1 Å². The number of oxime groups is 1. The van der Waals surface area contributed by atoms with E-state index in [9.17, 15) is 8.42 Å². The van der Waals surface area contributed by atoms with Gasteiger partial charge in [0.25, 0.3) is 0 Å². The van der Waals surface area contributed by atoms with Gasteiger partial charge in [0, 0.05) is 7.11 Å². The summed E-state index contributed by atoms with van der Waals surface area (Å²) < 4.78 is 30.2. The number of amidine groups is 1. The molecule has 0 aromatic carbocycles. The number of hydrogen-bond donors (Lipinski definition) is 3. The number of hydrogen-bond acceptors (Lipinski definition) is 5. The normalized spacial score (nSPS) is 19.7. The quantitative estimate of drug-likeness (QED) is 0.234. The van der Waals surface area contributed by atoms with E-state index in [0.29, 0.717) is 0 Å². The molecule has 1 unspecified atom stereocenters. The standard InChI is InChI=1S/C8H17N3O4S/c1-15-4-5-16(13,14)11-7(6-2-3-6)8(9)10-12/h6-7,11-12H,2-5H2,1H3,(H2,9,10). The second-order valence-electron chi connectivity index (χ2n) is 3.77. The van der Waals surface area contributed by atoms with E-state index in [-0.39, 0.29) is 24.1 Å². The average Bonchev–Trinajstić information content (AvgIpc) is 3.06. The van der Waals surface area contributed by atoms with E-state index < -0.39 is 16.1 Å². The van der Waals surface area contributed by atoms with Crippen LogP contribution in [-0.4, -0.2) is 45.0 Å².